The van der Waals surface area contributed by atoms with Gasteiger partial charge in [-0.25, -0.2) is 4.79 Å². The standard InChI is InChI=1S/C16H22O8/c1-22-14-4-2-11(6-15(14)23-9-12(19)7-17)3-5-16(21)24-10-13(20)8-18/h2-6,12-13,17-20H,7-10H2,1H3. The third kappa shape index (κ3) is 6.97. The summed E-state index contributed by atoms with van der Waals surface area (Å²) in [6.45, 7) is -1.32. The van der Waals surface area contributed by atoms with Gasteiger partial charge in [0.05, 0.1) is 20.3 Å². The van der Waals surface area contributed by atoms with E-state index in [1.54, 1.807) is 18.2 Å². The second-order valence-corrected chi connectivity index (χ2v) is 4.86. The van der Waals surface area contributed by atoms with E-state index in [1.165, 1.54) is 13.2 Å². The summed E-state index contributed by atoms with van der Waals surface area (Å²) in [5.41, 5.74) is 0.615. The summed E-state index contributed by atoms with van der Waals surface area (Å²) in [5, 5.41) is 35.8. The minimum absolute atomic E-state index is 0.110. The smallest absolute Gasteiger partial charge is 0.330 e. The van der Waals surface area contributed by atoms with Gasteiger partial charge in [0.25, 0.3) is 0 Å². The number of rotatable bonds is 10. The molecule has 0 aliphatic carbocycles. The van der Waals surface area contributed by atoms with E-state index in [1.807, 2.05) is 0 Å². The highest BCUT2D eigenvalue weighted by atomic mass is 16.5. The first kappa shape index (κ1) is 19.9. The average Bonchev–Trinajstić information content (AvgIpc) is 2.62. The Bertz CT molecular complexity index is 543. The van der Waals surface area contributed by atoms with Crippen LogP contribution in [0.2, 0.25) is 0 Å². The molecule has 4 N–H and O–H groups in total. The molecule has 1 aromatic rings. The van der Waals surface area contributed by atoms with Crippen molar-refractivity contribution in [1.29, 1.82) is 0 Å². The number of carbonyl (C=O) groups is 1. The van der Waals surface area contributed by atoms with Gasteiger partial charge in [-0.05, 0) is 23.8 Å². The molecule has 0 amide bonds. The summed E-state index contributed by atoms with van der Waals surface area (Å²) in [6, 6.07) is 4.90. The van der Waals surface area contributed by atoms with E-state index < -0.39 is 31.4 Å². The molecule has 0 heterocycles. The first-order chi connectivity index (χ1) is 11.5. The summed E-state index contributed by atoms with van der Waals surface area (Å²) in [6.07, 6.45) is 0.517. The van der Waals surface area contributed by atoms with Gasteiger partial charge < -0.3 is 34.6 Å². The van der Waals surface area contributed by atoms with Gasteiger partial charge in [0.2, 0.25) is 0 Å². The molecule has 1 rings (SSSR count). The third-order valence-electron chi connectivity index (χ3n) is 2.87. The molecular weight excluding hydrogens is 320 g/mol. The number of benzene rings is 1. The van der Waals surface area contributed by atoms with E-state index in [4.69, 9.17) is 29.5 Å². The second-order valence-electron chi connectivity index (χ2n) is 4.86. The largest absolute Gasteiger partial charge is 0.493 e. The normalized spacial score (nSPS) is 13.5. The molecule has 134 valence electrons. The molecule has 0 radical (unpaired) electrons. The predicted molar refractivity (Wildman–Crippen MR) is 84.7 cm³/mol. The molecule has 0 saturated carbocycles. The SMILES string of the molecule is COc1ccc(C=CC(=O)OCC(O)CO)cc1OCC(O)CO. The van der Waals surface area contributed by atoms with Crippen LogP contribution in [0, 0.1) is 0 Å². The van der Waals surface area contributed by atoms with Crippen LogP contribution in [0.4, 0.5) is 0 Å². The van der Waals surface area contributed by atoms with Gasteiger partial charge in [0, 0.05) is 6.08 Å². The number of methoxy groups -OCH3 is 1. The van der Waals surface area contributed by atoms with Crippen LogP contribution >= 0.6 is 0 Å². The van der Waals surface area contributed by atoms with Crippen LogP contribution < -0.4 is 9.47 Å². The van der Waals surface area contributed by atoms with E-state index in [0.29, 0.717) is 17.1 Å². The molecule has 0 aliphatic heterocycles. The summed E-state index contributed by atoms with van der Waals surface area (Å²) >= 11 is 0. The van der Waals surface area contributed by atoms with Gasteiger partial charge in [-0.2, -0.15) is 0 Å². The fourth-order valence-corrected chi connectivity index (χ4v) is 1.59. The highest BCUT2D eigenvalue weighted by Gasteiger charge is 2.09. The van der Waals surface area contributed by atoms with Crippen molar-refractivity contribution >= 4 is 12.0 Å². The Balaban J connectivity index is 2.70. The zero-order chi connectivity index (χ0) is 17.9. The number of aliphatic hydroxyl groups excluding tert-OH is 4. The maximum Gasteiger partial charge on any atom is 0.330 e. The topological polar surface area (TPSA) is 126 Å². The molecule has 2 atom stereocenters. The van der Waals surface area contributed by atoms with Crippen molar-refractivity contribution < 1.29 is 39.4 Å². The molecule has 8 heteroatoms. The third-order valence-corrected chi connectivity index (χ3v) is 2.87. The molecule has 0 fully saturated rings. The highest BCUT2D eigenvalue weighted by Crippen LogP contribution is 2.28. The molecular formula is C16H22O8. The monoisotopic (exact) mass is 342 g/mol. The predicted octanol–water partition coefficient (Wildman–Crippen LogP) is -0.663. The Hall–Kier alpha value is -2.13. The summed E-state index contributed by atoms with van der Waals surface area (Å²) in [4.78, 5) is 11.5. The van der Waals surface area contributed by atoms with Gasteiger partial charge in [-0.15, -0.1) is 0 Å². The minimum Gasteiger partial charge on any atom is -0.493 e. The second kappa shape index (κ2) is 10.6. The van der Waals surface area contributed by atoms with E-state index in [2.05, 4.69) is 0 Å². The van der Waals surface area contributed by atoms with Gasteiger partial charge in [0.1, 0.15) is 25.4 Å². The van der Waals surface area contributed by atoms with E-state index in [-0.39, 0.29) is 13.2 Å². The number of hydrogen-bond donors (Lipinski definition) is 4. The highest BCUT2D eigenvalue weighted by molar-refractivity contribution is 5.87. The molecule has 24 heavy (non-hydrogen) atoms. The Morgan fingerprint density at radius 1 is 1.12 bits per heavy atom. The number of hydrogen-bond acceptors (Lipinski definition) is 8. The fourth-order valence-electron chi connectivity index (χ4n) is 1.59. The van der Waals surface area contributed by atoms with E-state index in [0.717, 1.165) is 6.08 Å². The lowest BCUT2D eigenvalue weighted by atomic mass is 10.2. The van der Waals surface area contributed by atoms with E-state index in [9.17, 15) is 9.90 Å². The van der Waals surface area contributed by atoms with Crippen molar-refractivity contribution in [2.75, 3.05) is 33.5 Å². The van der Waals surface area contributed by atoms with Gasteiger partial charge in [0.15, 0.2) is 11.5 Å². The van der Waals surface area contributed by atoms with Gasteiger partial charge in [-0.1, -0.05) is 6.07 Å². The first-order valence-electron chi connectivity index (χ1n) is 7.23. The summed E-state index contributed by atoms with van der Waals surface area (Å²) < 4.78 is 15.2. The Morgan fingerprint density at radius 3 is 2.42 bits per heavy atom. The lowest BCUT2D eigenvalue weighted by Gasteiger charge is -2.13. The van der Waals surface area contributed by atoms with Crippen LogP contribution in [-0.2, 0) is 9.53 Å². The molecule has 0 aliphatic rings. The zero-order valence-corrected chi connectivity index (χ0v) is 13.3. The number of esters is 1. The summed E-state index contributed by atoms with van der Waals surface area (Å²) in [5.74, 6) is 0.110. The van der Waals surface area contributed by atoms with Crippen LogP contribution in [0.5, 0.6) is 11.5 Å². The number of carbonyl (C=O) groups excluding carboxylic acids is 1. The Kier molecular flexibility index (Phi) is 8.80. The molecule has 0 spiro atoms. The minimum atomic E-state index is -1.11. The quantitative estimate of drug-likeness (QED) is 0.326. The lowest BCUT2D eigenvalue weighted by molar-refractivity contribution is -0.141. The Labute approximate surface area is 139 Å². The fraction of sp³-hybridized carbons (Fsp3) is 0.438. The summed E-state index contributed by atoms with van der Waals surface area (Å²) in [7, 11) is 1.46. The molecule has 1 aromatic carbocycles. The van der Waals surface area contributed by atoms with Crippen molar-refractivity contribution in [2.24, 2.45) is 0 Å². The van der Waals surface area contributed by atoms with Crippen molar-refractivity contribution in [2.45, 2.75) is 12.2 Å². The van der Waals surface area contributed by atoms with Crippen molar-refractivity contribution in [3.05, 3.63) is 29.8 Å². The maximum absolute atomic E-state index is 11.5. The van der Waals surface area contributed by atoms with Crippen LogP contribution in [0.25, 0.3) is 6.08 Å². The van der Waals surface area contributed by atoms with Crippen LogP contribution in [0.1, 0.15) is 5.56 Å². The van der Waals surface area contributed by atoms with Crippen molar-refractivity contribution in [3.8, 4) is 11.5 Å². The molecule has 8 nitrogen and oxygen atoms in total. The van der Waals surface area contributed by atoms with Crippen molar-refractivity contribution in [3.63, 3.8) is 0 Å². The molecule has 0 saturated heterocycles. The van der Waals surface area contributed by atoms with Crippen LogP contribution in [0.15, 0.2) is 24.3 Å². The first-order valence-corrected chi connectivity index (χ1v) is 7.23. The molecule has 2 unspecified atom stereocenters. The number of ether oxygens (including phenoxy) is 3. The molecule has 0 aromatic heterocycles. The van der Waals surface area contributed by atoms with Crippen molar-refractivity contribution in [1.82, 2.24) is 0 Å². The van der Waals surface area contributed by atoms with Crippen LogP contribution in [-0.4, -0.2) is 72.1 Å². The van der Waals surface area contributed by atoms with Crippen LogP contribution in [0.3, 0.4) is 0 Å². The van der Waals surface area contributed by atoms with E-state index >= 15 is 0 Å². The average molecular weight is 342 g/mol. The lowest BCUT2D eigenvalue weighted by Crippen LogP contribution is -2.21. The number of aliphatic hydroxyl groups is 4. The zero-order valence-electron chi connectivity index (χ0n) is 13.3. The molecule has 0 bridgehead atoms. The maximum atomic E-state index is 11.5. The van der Waals surface area contributed by atoms with Gasteiger partial charge >= 0.3 is 5.97 Å². The van der Waals surface area contributed by atoms with Gasteiger partial charge in [-0.3, -0.25) is 0 Å². The Morgan fingerprint density at radius 2 is 1.79 bits per heavy atom.